The fourth-order valence-electron chi connectivity index (χ4n) is 5.43. The van der Waals surface area contributed by atoms with Gasteiger partial charge >= 0.3 is 0 Å². The van der Waals surface area contributed by atoms with Crippen LogP contribution in [0.25, 0.3) is 22.4 Å². The van der Waals surface area contributed by atoms with Crippen LogP contribution in [0.15, 0.2) is 29.2 Å². The number of rotatable bonds is 9. The molecule has 1 aliphatic carbocycles. The van der Waals surface area contributed by atoms with Gasteiger partial charge in [0.15, 0.2) is 21.3 Å². The SMILES string of the molecule is Cc1nc(-c2ccc(Nc3cc(CC(=O)C4CC4)nc4c3nc(C(F)F)n4C3CCCCO3)c(S(C)(=O)=O)c2)c(C)s1. The topological polar surface area (TPSA) is 116 Å². The van der Waals surface area contributed by atoms with Gasteiger partial charge in [-0.2, -0.15) is 0 Å². The van der Waals surface area contributed by atoms with Crippen molar-refractivity contribution in [1.82, 2.24) is 19.5 Å². The molecule has 3 aromatic heterocycles. The number of benzene rings is 1. The number of nitrogens with zero attached hydrogens (tertiary/aromatic N) is 4. The number of nitrogens with one attached hydrogen (secondary N) is 1. The van der Waals surface area contributed by atoms with Gasteiger partial charge in [-0.25, -0.2) is 32.2 Å². The van der Waals surface area contributed by atoms with E-state index in [0.29, 0.717) is 30.0 Å². The Kier molecular flexibility index (Phi) is 7.60. The molecule has 4 aromatic rings. The number of pyridine rings is 1. The minimum Gasteiger partial charge on any atom is -0.358 e. The third kappa shape index (κ3) is 5.69. The highest BCUT2D eigenvalue weighted by Crippen LogP contribution is 2.38. The fraction of sp³-hybridized carbons (Fsp3) is 0.448. The Morgan fingerprint density at radius 2 is 1.90 bits per heavy atom. The molecule has 6 rings (SSSR count). The number of anilines is 2. The zero-order chi connectivity index (χ0) is 29.8. The molecule has 0 amide bonds. The van der Waals surface area contributed by atoms with Crippen molar-refractivity contribution < 1.29 is 26.7 Å². The third-order valence-corrected chi connectivity index (χ3v) is 9.61. The Morgan fingerprint density at radius 3 is 2.52 bits per heavy atom. The van der Waals surface area contributed by atoms with Crippen molar-refractivity contribution in [3.8, 4) is 11.3 Å². The molecule has 2 aliphatic rings. The molecule has 1 saturated carbocycles. The third-order valence-electron chi connectivity index (χ3n) is 7.58. The van der Waals surface area contributed by atoms with Crippen LogP contribution in [0.2, 0.25) is 0 Å². The predicted molar refractivity (Wildman–Crippen MR) is 156 cm³/mol. The molecule has 1 unspecified atom stereocenters. The standard InChI is InChI=1S/C29H31F2N5O4S2/c1-15-25(32-16(2)41-15)18-9-10-20(23(12-18)42(3,38)39)34-21-13-19(14-22(37)17-7-8-17)33-28-26(21)35-29(27(30)31)36(28)24-6-4-5-11-40-24/h9-10,12-13,17,24,27H,4-8,11,14H2,1-3H3,(H,33,34). The summed E-state index contributed by atoms with van der Waals surface area (Å²) in [7, 11) is -3.73. The van der Waals surface area contributed by atoms with E-state index in [2.05, 4.69) is 20.3 Å². The van der Waals surface area contributed by atoms with Crippen LogP contribution in [0.3, 0.4) is 0 Å². The Hall–Kier alpha value is -3.29. The van der Waals surface area contributed by atoms with Gasteiger partial charge in [0.05, 0.1) is 32.7 Å². The van der Waals surface area contributed by atoms with E-state index in [1.54, 1.807) is 24.3 Å². The van der Waals surface area contributed by atoms with Gasteiger partial charge in [-0.3, -0.25) is 9.36 Å². The summed E-state index contributed by atoms with van der Waals surface area (Å²) in [5.41, 5.74) is 2.61. The molecule has 2 fully saturated rings. The summed E-state index contributed by atoms with van der Waals surface area (Å²) in [6, 6.07) is 6.57. The number of carbonyl (C=O) groups excluding carboxylic acids is 1. The normalized spacial score (nSPS) is 17.7. The zero-order valence-corrected chi connectivity index (χ0v) is 25.1. The smallest absolute Gasteiger partial charge is 0.295 e. The number of fused-ring (bicyclic) bond motifs is 1. The van der Waals surface area contributed by atoms with Crippen LogP contribution < -0.4 is 5.32 Å². The van der Waals surface area contributed by atoms with Crippen LogP contribution in [-0.4, -0.2) is 46.6 Å². The predicted octanol–water partition coefficient (Wildman–Crippen LogP) is 6.48. The van der Waals surface area contributed by atoms with Crippen molar-refractivity contribution in [3.05, 3.63) is 45.7 Å². The number of Topliss-reactive ketones (excluding diaryl/α,β-unsaturated/α-hetero) is 1. The van der Waals surface area contributed by atoms with Gasteiger partial charge in [0, 0.05) is 35.6 Å². The van der Waals surface area contributed by atoms with E-state index in [-0.39, 0.29) is 45.6 Å². The van der Waals surface area contributed by atoms with E-state index >= 15 is 0 Å². The minimum absolute atomic E-state index is 0.00990. The molecule has 1 N–H and O–H groups in total. The maximum Gasteiger partial charge on any atom is 0.295 e. The Morgan fingerprint density at radius 1 is 1.12 bits per heavy atom. The van der Waals surface area contributed by atoms with Gasteiger partial charge in [-0.15, -0.1) is 11.3 Å². The van der Waals surface area contributed by atoms with Crippen LogP contribution in [0.4, 0.5) is 20.2 Å². The van der Waals surface area contributed by atoms with Crippen molar-refractivity contribution in [1.29, 1.82) is 0 Å². The monoisotopic (exact) mass is 615 g/mol. The number of sulfone groups is 1. The van der Waals surface area contributed by atoms with Gasteiger partial charge in [-0.1, -0.05) is 6.07 Å². The molecule has 0 radical (unpaired) electrons. The highest BCUT2D eigenvalue weighted by molar-refractivity contribution is 7.90. The summed E-state index contributed by atoms with van der Waals surface area (Å²) in [6.07, 6.45) is 1.41. The van der Waals surface area contributed by atoms with Crippen molar-refractivity contribution in [2.45, 2.75) is 69.9 Å². The van der Waals surface area contributed by atoms with E-state index in [1.807, 2.05) is 13.8 Å². The van der Waals surface area contributed by atoms with E-state index in [1.165, 1.54) is 15.9 Å². The largest absolute Gasteiger partial charge is 0.358 e. The van der Waals surface area contributed by atoms with Crippen LogP contribution in [0.5, 0.6) is 0 Å². The number of alkyl halides is 2. The second kappa shape index (κ2) is 11.1. The first-order valence-electron chi connectivity index (χ1n) is 13.9. The number of hydrogen-bond donors (Lipinski definition) is 1. The quantitative estimate of drug-likeness (QED) is 0.228. The first kappa shape index (κ1) is 28.8. The fourth-order valence-corrected chi connectivity index (χ4v) is 7.13. The van der Waals surface area contributed by atoms with Crippen LogP contribution in [0.1, 0.15) is 66.2 Å². The van der Waals surface area contributed by atoms with Crippen molar-refractivity contribution in [2.24, 2.45) is 5.92 Å². The van der Waals surface area contributed by atoms with E-state index in [9.17, 15) is 22.0 Å². The van der Waals surface area contributed by atoms with E-state index < -0.39 is 28.3 Å². The molecule has 1 atom stereocenters. The molecular weight excluding hydrogens is 584 g/mol. The summed E-state index contributed by atoms with van der Waals surface area (Å²) in [6.45, 7) is 4.25. The number of halogens is 2. The second-order valence-corrected chi connectivity index (χ2v) is 14.3. The summed E-state index contributed by atoms with van der Waals surface area (Å²) >= 11 is 1.52. The van der Waals surface area contributed by atoms with Crippen molar-refractivity contribution >= 4 is 49.5 Å². The van der Waals surface area contributed by atoms with E-state index in [0.717, 1.165) is 41.8 Å². The average molecular weight is 616 g/mol. The summed E-state index contributed by atoms with van der Waals surface area (Å²) in [5, 5.41) is 4.02. The second-order valence-electron chi connectivity index (χ2n) is 11.0. The average Bonchev–Trinajstić information content (AvgIpc) is 3.64. The molecular formula is C29H31F2N5O4S2. The van der Waals surface area contributed by atoms with Crippen LogP contribution >= 0.6 is 11.3 Å². The van der Waals surface area contributed by atoms with Crippen LogP contribution in [0, 0.1) is 19.8 Å². The molecule has 0 spiro atoms. The lowest BCUT2D eigenvalue weighted by atomic mass is 10.1. The number of ether oxygens (including phenoxy) is 1. The van der Waals surface area contributed by atoms with Crippen molar-refractivity contribution in [3.63, 3.8) is 0 Å². The number of aryl methyl sites for hydroxylation is 2. The van der Waals surface area contributed by atoms with Gasteiger partial charge < -0.3 is 10.1 Å². The lowest BCUT2D eigenvalue weighted by molar-refractivity contribution is -0.119. The highest BCUT2D eigenvalue weighted by Gasteiger charge is 2.32. The molecule has 222 valence electrons. The number of thiazole rings is 1. The van der Waals surface area contributed by atoms with E-state index in [4.69, 9.17) is 4.74 Å². The number of aromatic nitrogens is 4. The van der Waals surface area contributed by atoms with Crippen LogP contribution in [-0.2, 0) is 25.8 Å². The number of carbonyl (C=O) groups is 1. The van der Waals surface area contributed by atoms with Gasteiger partial charge in [0.1, 0.15) is 17.5 Å². The van der Waals surface area contributed by atoms with Crippen molar-refractivity contribution in [2.75, 3.05) is 18.2 Å². The molecule has 1 saturated heterocycles. The molecule has 42 heavy (non-hydrogen) atoms. The minimum atomic E-state index is -3.73. The highest BCUT2D eigenvalue weighted by atomic mass is 32.2. The number of hydrogen-bond acceptors (Lipinski definition) is 9. The molecule has 1 aliphatic heterocycles. The zero-order valence-electron chi connectivity index (χ0n) is 23.5. The Bertz CT molecular complexity index is 1790. The maximum absolute atomic E-state index is 14.3. The molecule has 1 aromatic carbocycles. The maximum atomic E-state index is 14.3. The lowest BCUT2D eigenvalue weighted by Crippen LogP contribution is -2.21. The summed E-state index contributed by atoms with van der Waals surface area (Å²) in [4.78, 5) is 27.2. The first-order valence-corrected chi connectivity index (χ1v) is 16.6. The summed E-state index contributed by atoms with van der Waals surface area (Å²) < 4.78 is 61.8. The molecule has 9 nitrogen and oxygen atoms in total. The van der Waals surface area contributed by atoms with Gasteiger partial charge in [0.25, 0.3) is 6.43 Å². The molecule has 13 heteroatoms. The molecule has 0 bridgehead atoms. The molecule has 4 heterocycles. The van der Waals surface area contributed by atoms with Gasteiger partial charge in [0.2, 0.25) is 0 Å². The lowest BCUT2D eigenvalue weighted by Gasteiger charge is -2.25. The number of imidazole rings is 1. The number of ketones is 1. The summed E-state index contributed by atoms with van der Waals surface area (Å²) in [5.74, 6) is -0.451. The Labute approximate surface area is 246 Å². The first-order chi connectivity index (χ1) is 20.0. The Balaban J connectivity index is 1.50. The van der Waals surface area contributed by atoms with Gasteiger partial charge in [-0.05, 0) is 64.2 Å².